The molecular weight excluding hydrogens is 370 g/mol. The van der Waals surface area contributed by atoms with Crippen molar-refractivity contribution >= 4 is 16.9 Å². The van der Waals surface area contributed by atoms with Gasteiger partial charge in [-0.05, 0) is 42.0 Å². The van der Waals surface area contributed by atoms with Crippen molar-refractivity contribution in [3.63, 3.8) is 0 Å². The first-order chi connectivity index (χ1) is 14.3. The van der Waals surface area contributed by atoms with Gasteiger partial charge < -0.3 is 18.5 Å². The van der Waals surface area contributed by atoms with Gasteiger partial charge in [-0.3, -0.25) is 4.79 Å². The lowest BCUT2D eigenvalue weighted by atomic mass is 10.1. The summed E-state index contributed by atoms with van der Waals surface area (Å²) in [6.45, 7) is 2.47. The van der Waals surface area contributed by atoms with Crippen molar-refractivity contribution in [2.45, 2.75) is 6.42 Å². The Labute approximate surface area is 166 Å². The Kier molecular flexibility index (Phi) is 4.57. The lowest BCUT2D eigenvalue weighted by Gasteiger charge is -2.26. The van der Waals surface area contributed by atoms with E-state index in [9.17, 15) is 4.79 Å². The number of hydrogen-bond acceptors (Lipinski definition) is 6. The number of morpholine rings is 1. The van der Waals surface area contributed by atoms with Crippen molar-refractivity contribution in [3.8, 4) is 22.9 Å². The van der Waals surface area contributed by atoms with Crippen LogP contribution < -0.4 is 0 Å². The molecule has 1 fully saturated rings. The summed E-state index contributed by atoms with van der Waals surface area (Å²) in [5.74, 6) is 1.33. The maximum atomic E-state index is 12.6. The minimum absolute atomic E-state index is 0.0964. The number of carbonyl (C=O) groups excluding carboxylic acids is 1. The van der Waals surface area contributed by atoms with E-state index in [4.69, 9.17) is 23.5 Å². The predicted molar refractivity (Wildman–Crippen MR) is 106 cm³/mol. The highest BCUT2D eigenvalue weighted by Crippen LogP contribution is 2.31. The fourth-order valence-electron chi connectivity index (χ4n) is 3.48. The first-order valence-corrected chi connectivity index (χ1v) is 9.52. The molecule has 3 aromatic heterocycles. The Hall–Kier alpha value is -3.45. The third kappa shape index (κ3) is 3.52. The normalized spacial score (nSPS) is 14.4. The molecule has 1 aliphatic heterocycles. The van der Waals surface area contributed by atoms with Crippen LogP contribution in [0.3, 0.4) is 0 Å². The van der Waals surface area contributed by atoms with Gasteiger partial charge in [0.15, 0.2) is 11.5 Å². The number of aromatic nitrogens is 2. The third-order valence-electron chi connectivity index (χ3n) is 4.96. The largest absolute Gasteiger partial charge is 0.463 e. The maximum Gasteiger partial charge on any atom is 0.227 e. The molecule has 0 saturated carbocycles. The van der Waals surface area contributed by atoms with Gasteiger partial charge in [0.25, 0.3) is 0 Å². The molecule has 29 heavy (non-hydrogen) atoms. The molecule has 0 bridgehead atoms. The number of benzene rings is 1. The minimum Gasteiger partial charge on any atom is -0.463 e. The van der Waals surface area contributed by atoms with Crippen LogP contribution in [0.4, 0.5) is 0 Å². The summed E-state index contributed by atoms with van der Waals surface area (Å²) in [5, 5.41) is 0. The Morgan fingerprint density at radius 2 is 1.55 bits per heavy atom. The number of hydrogen-bond donors (Lipinski definition) is 0. The molecule has 1 saturated heterocycles. The van der Waals surface area contributed by atoms with Crippen LogP contribution in [0.5, 0.6) is 0 Å². The average molecular weight is 389 g/mol. The number of furan rings is 2. The van der Waals surface area contributed by atoms with Crippen LogP contribution >= 0.6 is 0 Å². The van der Waals surface area contributed by atoms with Crippen molar-refractivity contribution in [1.82, 2.24) is 14.9 Å². The second-order valence-electron chi connectivity index (χ2n) is 6.87. The summed E-state index contributed by atoms with van der Waals surface area (Å²) in [4.78, 5) is 24.0. The van der Waals surface area contributed by atoms with Crippen LogP contribution in [-0.2, 0) is 16.0 Å². The summed E-state index contributed by atoms with van der Waals surface area (Å²) in [6.07, 6.45) is 3.53. The number of fused-ring (bicyclic) bond motifs is 1. The fraction of sp³-hybridized carbons (Fsp3) is 0.227. The lowest BCUT2D eigenvalue weighted by Crippen LogP contribution is -2.41. The number of rotatable bonds is 4. The minimum atomic E-state index is 0.0964. The zero-order chi connectivity index (χ0) is 19.6. The van der Waals surface area contributed by atoms with Crippen LogP contribution in [0.25, 0.3) is 33.9 Å². The number of amides is 1. The molecule has 1 amide bonds. The number of carbonyl (C=O) groups is 1. The van der Waals surface area contributed by atoms with E-state index in [1.807, 2.05) is 47.4 Å². The molecule has 5 rings (SSSR count). The van der Waals surface area contributed by atoms with Gasteiger partial charge in [-0.15, -0.1) is 0 Å². The SMILES string of the molecule is O=C(Cc1ccc2nc(-c3ccco3)c(-c3ccco3)nc2c1)N1CCOCC1. The first kappa shape index (κ1) is 17.6. The van der Waals surface area contributed by atoms with Gasteiger partial charge in [-0.1, -0.05) is 6.07 Å². The average Bonchev–Trinajstić information content (AvgIpc) is 3.47. The smallest absolute Gasteiger partial charge is 0.227 e. The summed E-state index contributed by atoms with van der Waals surface area (Å²) in [7, 11) is 0. The van der Waals surface area contributed by atoms with Gasteiger partial charge in [0.1, 0.15) is 11.4 Å². The van der Waals surface area contributed by atoms with Gasteiger partial charge in [0.05, 0.1) is 43.2 Å². The standard InChI is InChI=1S/C22H19N3O4/c26-20(25-7-11-27-12-8-25)14-15-5-6-16-17(13-15)24-22(19-4-2-10-29-19)21(23-16)18-3-1-9-28-18/h1-6,9-10,13H,7-8,11-12,14H2. The molecule has 0 unspecified atom stereocenters. The van der Waals surface area contributed by atoms with Crippen LogP contribution in [0.1, 0.15) is 5.56 Å². The highest BCUT2D eigenvalue weighted by Gasteiger charge is 2.19. The van der Waals surface area contributed by atoms with E-state index >= 15 is 0 Å². The summed E-state index contributed by atoms with van der Waals surface area (Å²) in [5.41, 5.74) is 3.57. The molecule has 0 spiro atoms. The first-order valence-electron chi connectivity index (χ1n) is 9.52. The molecule has 1 aliphatic rings. The number of nitrogens with zero attached hydrogens (tertiary/aromatic N) is 3. The summed E-state index contributed by atoms with van der Waals surface area (Å²) in [6, 6.07) is 13.0. The lowest BCUT2D eigenvalue weighted by molar-refractivity contribution is -0.134. The molecule has 0 radical (unpaired) electrons. The van der Waals surface area contributed by atoms with Crippen molar-refractivity contribution < 1.29 is 18.4 Å². The van der Waals surface area contributed by atoms with Crippen molar-refractivity contribution in [2.75, 3.05) is 26.3 Å². The Morgan fingerprint density at radius 3 is 2.17 bits per heavy atom. The predicted octanol–water partition coefficient (Wildman–Crippen LogP) is 3.55. The maximum absolute atomic E-state index is 12.6. The molecule has 7 heteroatoms. The summed E-state index contributed by atoms with van der Waals surface area (Å²) >= 11 is 0. The topological polar surface area (TPSA) is 81.6 Å². The van der Waals surface area contributed by atoms with Gasteiger partial charge in [0, 0.05) is 13.1 Å². The molecule has 4 heterocycles. The molecule has 0 atom stereocenters. The third-order valence-corrected chi connectivity index (χ3v) is 4.96. The second-order valence-corrected chi connectivity index (χ2v) is 6.87. The van der Waals surface area contributed by atoms with Gasteiger partial charge in [-0.2, -0.15) is 0 Å². The van der Waals surface area contributed by atoms with Crippen LogP contribution in [0.15, 0.2) is 63.8 Å². The van der Waals surface area contributed by atoms with Crippen molar-refractivity contribution in [3.05, 3.63) is 60.6 Å². The molecule has 7 nitrogen and oxygen atoms in total. The van der Waals surface area contributed by atoms with E-state index < -0.39 is 0 Å². The van der Waals surface area contributed by atoms with Crippen LogP contribution in [0, 0.1) is 0 Å². The van der Waals surface area contributed by atoms with Gasteiger partial charge in [0.2, 0.25) is 5.91 Å². The van der Waals surface area contributed by atoms with Crippen molar-refractivity contribution in [1.29, 1.82) is 0 Å². The molecular formula is C22H19N3O4. The summed E-state index contributed by atoms with van der Waals surface area (Å²) < 4.78 is 16.4. The van der Waals surface area contributed by atoms with E-state index in [2.05, 4.69) is 0 Å². The van der Waals surface area contributed by atoms with Crippen LogP contribution in [0.2, 0.25) is 0 Å². The zero-order valence-electron chi connectivity index (χ0n) is 15.7. The molecule has 0 N–H and O–H groups in total. The van der Waals surface area contributed by atoms with Gasteiger partial charge in [-0.25, -0.2) is 9.97 Å². The quantitative estimate of drug-likeness (QED) is 0.531. The molecule has 0 aliphatic carbocycles. The van der Waals surface area contributed by atoms with Gasteiger partial charge >= 0.3 is 0 Å². The molecule has 146 valence electrons. The van der Waals surface area contributed by atoms with E-state index in [-0.39, 0.29) is 5.91 Å². The highest BCUT2D eigenvalue weighted by atomic mass is 16.5. The fourth-order valence-corrected chi connectivity index (χ4v) is 3.48. The molecule has 4 aromatic rings. The van der Waals surface area contributed by atoms with E-state index in [1.54, 1.807) is 12.5 Å². The number of ether oxygens (including phenoxy) is 1. The monoisotopic (exact) mass is 389 g/mol. The van der Waals surface area contributed by atoms with E-state index in [0.29, 0.717) is 61.1 Å². The Bertz CT molecular complexity index is 1130. The van der Waals surface area contributed by atoms with Crippen LogP contribution in [-0.4, -0.2) is 47.1 Å². The highest BCUT2D eigenvalue weighted by molar-refractivity contribution is 5.85. The Morgan fingerprint density at radius 1 is 0.897 bits per heavy atom. The molecule has 1 aromatic carbocycles. The van der Waals surface area contributed by atoms with Crippen molar-refractivity contribution in [2.24, 2.45) is 0 Å². The Balaban J connectivity index is 1.52. The van der Waals surface area contributed by atoms with E-state index in [1.165, 1.54) is 0 Å². The second kappa shape index (κ2) is 7.52. The van der Waals surface area contributed by atoms with E-state index in [0.717, 1.165) is 11.1 Å². The zero-order valence-corrected chi connectivity index (χ0v) is 15.7.